The normalized spacial score (nSPS) is 13.7. The third-order valence-corrected chi connectivity index (χ3v) is 4.77. The molecule has 4 rings (SSSR count). The van der Waals surface area contributed by atoms with Crippen LogP contribution in [-0.4, -0.2) is 19.3 Å². The Morgan fingerprint density at radius 2 is 1.92 bits per heavy atom. The summed E-state index contributed by atoms with van der Waals surface area (Å²) in [6.07, 6.45) is 5.88. The van der Waals surface area contributed by atoms with Crippen molar-refractivity contribution < 1.29 is 0 Å². The van der Waals surface area contributed by atoms with Gasteiger partial charge in [-0.15, -0.1) is 0 Å². The van der Waals surface area contributed by atoms with E-state index in [0.717, 1.165) is 24.8 Å². The maximum Gasteiger partial charge on any atom is 0.261 e. The molecule has 5 nitrogen and oxygen atoms in total. The van der Waals surface area contributed by atoms with Gasteiger partial charge in [0.05, 0.1) is 12.1 Å². The predicted octanol–water partition coefficient (Wildman–Crippen LogP) is 2.57. The van der Waals surface area contributed by atoms with Gasteiger partial charge in [-0.25, -0.2) is 9.67 Å². The van der Waals surface area contributed by atoms with Gasteiger partial charge in [-0.2, -0.15) is 5.10 Å². The Morgan fingerprint density at radius 1 is 1.12 bits per heavy atom. The van der Waals surface area contributed by atoms with Gasteiger partial charge in [0.1, 0.15) is 6.33 Å². The van der Waals surface area contributed by atoms with Crippen LogP contribution in [0.5, 0.6) is 0 Å². The maximum absolute atomic E-state index is 12.8. The summed E-state index contributed by atoms with van der Waals surface area (Å²) in [5.41, 5.74) is 4.24. The Morgan fingerprint density at radius 3 is 2.75 bits per heavy atom. The van der Waals surface area contributed by atoms with Gasteiger partial charge in [0.2, 0.25) is 0 Å². The van der Waals surface area contributed by atoms with Gasteiger partial charge in [0.15, 0.2) is 5.82 Å². The molecule has 0 saturated carbocycles. The number of pyridine rings is 1. The van der Waals surface area contributed by atoms with Crippen LogP contribution in [0.3, 0.4) is 0 Å². The van der Waals surface area contributed by atoms with E-state index < -0.39 is 0 Å². The lowest BCUT2D eigenvalue weighted by molar-refractivity contribution is 0.622. The first-order chi connectivity index (χ1) is 11.7. The molecule has 0 radical (unpaired) electrons. The van der Waals surface area contributed by atoms with E-state index >= 15 is 0 Å². The van der Waals surface area contributed by atoms with E-state index in [4.69, 9.17) is 0 Å². The fourth-order valence-corrected chi connectivity index (χ4v) is 3.50. The van der Waals surface area contributed by atoms with Crippen molar-refractivity contribution in [3.63, 3.8) is 0 Å². The molecule has 0 fully saturated rings. The van der Waals surface area contributed by atoms with Crippen LogP contribution in [0.1, 0.15) is 29.7 Å². The smallest absolute Gasteiger partial charge is 0.261 e. The molecule has 24 heavy (non-hydrogen) atoms. The molecule has 2 heterocycles. The van der Waals surface area contributed by atoms with E-state index in [1.807, 2.05) is 31.3 Å². The second-order valence-electron chi connectivity index (χ2n) is 6.33. The van der Waals surface area contributed by atoms with Gasteiger partial charge in [-0.1, -0.05) is 30.3 Å². The van der Waals surface area contributed by atoms with Gasteiger partial charge < -0.3 is 4.57 Å². The highest BCUT2D eigenvalue weighted by molar-refractivity contribution is 5.56. The van der Waals surface area contributed by atoms with Crippen molar-refractivity contribution in [1.82, 2.24) is 19.3 Å². The molecule has 2 aromatic heterocycles. The minimum atomic E-state index is 0.0120. The molecule has 0 aliphatic heterocycles. The van der Waals surface area contributed by atoms with Crippen LogP contribution in [0.4, 0.5) is 0 Å². The summed E-state index contributed by atoms with van der Waals surface area (Å²) >= 11 is 0. The number of fused-ring (bicyclic) bond motifs is 1. The number of rotatable bonds is 3. The van der Waals surface area contributed by atoms with Crippen LogP contribution >= 0.6 is 0 Å². The van der Waals surface area contributed by atoms with Crippen molar-refractivity contribution in [3.8, 4) is 11.4 Å². The van der Waals surface area contributed by atoms with Crippen LogP contribution in [0.25, 0.3) is 11.4 Å². The van der Waals surface area contributed by atoms with Crippen molar-refractivity contribution in [3.05, 3.63) is 69.9 Å². The van der Waals surface area contributed by atoms with Crippen molar-refractivity contribution in [2.45, 2.75) is 32.2 Å². The molecule has 1 aliphatic carbocycles. The van der Waals surface area contributed by atoms with Gasteiger partial charge in [0.25, 0.3) is 5.56 Å². The van der Waals surface area contributed by atoms with Crippen LogP contribution in [0.15, 0.2) is 47.5 Å². The Hall–Kier alpha value is -2.69. The molecule has 0 atom stereocenters. The van der Waals surface area contributed by atoms with Crippen molar-refractivity contribution in [1.29, 1.82) is 0 Å². The summed E-state index contributed by atoms with van der Waals surface area (Å²) in [6, 6.07) is 12.1. The lowest BCUT2D eigenvalue weighted by atomic mass is 9.94. The maximum atomic E-state index is 12.8. The molecule has 122 valence electrons. The number of hydrogen-bond acceptors (Lipinski definition) is 3. The molecule has 0 N–H and O–H groups in total. The number of nitrogens with zero attached hydrogens (tertiary/aromatic N) is 4. The largest absolute Gasteiger partial charge is 0.315 e. The molecule has 1 aromatic carbocycles. The molecule has 0 amide bonds. The monoisotopic (exact) mass is 320 g/mol. The standard InChI is InChI=1S/C19H20N4O/c1-22-17-10-6-5-9-15(17)11-16(19(22)24)18-20-13-21-23(18)12-14-7-3-2-4-8-14/h2-4,7-8,11,13H,5-6,9-10,12H2,1H3. The molecule has 1 aliphatic rings. The number of benzene rings is 1. The summed E-state index contributed by atoms with van der Waals surface area (Å²) in [4.78, 5) is 17.2. The zero-order valence-electron chi connectivity index (χ0n) is 13.8. The van der Waals surface area contributed by atoms with E-state index in [9.17, 15) is 4.79 Å². The van der Waals surface area contributed by atoms with Crippen LogP contribution < -0.4 is 5.56 Å². The summed E-state index contributed by atoms with van der Waals surface area (Å²) < 4.78 is 3.60. The number of hydrogen-bond donors (Lipinski definition) is 0. The first-order valence-corrected chi connectivity index (χ1v) is 8.38. The second-order valence-corrected chi connectivity index (χ2v) is 6.33. The van der Waals surface area contributed by atoms with Gasteiger partial charge in [-0.3, -0.25) is 4.79 Å². The van der Waals surface area contributed by atoms with E-state index in [-0.39, 0.29) is 5.56 Å². The first kappa shape index (κ1) is 14.9. The summed E-state index contributed by atoms with van der Waals surface area (Å²) in [5.74, 6) is 0.646. The predicted molar refractivity (Wildman–Crippen MR) is 92.9 cm³/mol. The minimum Gasteiger partial charge on any atom is -0.315 e. The highest BCUT2D eigenvalue weighted by Gasteiger charge is 2.19. The minimum absolute atomic E-state index is 0.0120. The molecular formula is C19H20N4O. The first-order valence-electron chi connectivity index (χ1n) is 8.38. The van der Waals surface area contributed by atoms with E-state index in [0.29, 0.717) is 17.9 Å². The lowest BCUT2D eigenvalue weighted by Gasteiger charge is -2.20. The summed E-state index contributed by atoms with van der Waals surface area (Å²) in [7, 11) is 1.87. The Bertz CT molecular complexity index is 924. The van der Waals surface area contributed by atoms with E-state index in [1.54, 1.807) is 9.25 Å². The molecule has 5 heteroatoms. The second kappa shape index (κ2) is 6.07. The topological polar surface area (TPSA) is 52.7 Å². The highest BCUT2D eigenvalue weighted by atomic mass is 16.1. The number of aromatic nitrogens is 4. The summed E-state index contributed by atoms with van der Waals surface area (Å²) in [6.45, 7) is 0.608. The van der Waals surface area contributed by atoms with Crippen molar-refractivity contribution in [2.24, 2.45) is 7.05 Å². The molecule has 0 spiro atoms. The quantitative estimate of drug-likeness (QED) is 0.745. The molecular weight excluding hydrogens is 300 g/mol. The fraction of sp³-hybridized carbons (Fsp3) is 0.316. The van der Waals surface area contributed by atoms with Crippen LogP contribution in [0, 0.1) is 0 Å². The fourth-order valence-electron chi connectivity index (χ4n) is 3.50. The lowest BCUT2D eigenvalue weighted by Crippen LogP contribution is -2.26. The third-order valence-electron chi connectivity index (χ3n) is 4.77. The SMILES string of the molecule is Cn1c2c(cc(-c3ncnn3Cc3ccccc3)c1=O)CCCC2. The zero-order chi connectivity index (χ0) is 16.5. The van der Waals surface area contributed by atoms with E-state index in [2.05, 4.69) is 22.2 Å². The van der Waals surface area contributed by atoms with Gasteiger partial charge >= 0.3 is 0 Å². The Labute approximate surface area is 140 Å². The average Bonchev–Trinajstić information content (AvgIpc) is 3.07. The average molecular weight is 320 g/mol. The third kappa shape index (κ3) is 2.56. The zero-order valence-corrected chi connectivity index (χ0v) is 13.8. The summed E-state index contributed by atoms with van der Waals surface area (Å²) in [5, 5.41) is 4.33. The Kier molecular flexibility index (Phi) is 3.76. The molecule has 3 aromatic rings. The van der Waals surface area contributed by atoms with Crippen LogP contribution in [-0.2, 0) is 26.4 Å². The molecule has 0 unspecified atom stereocenters. The Balaban J connectivity index is 1.79. The molecule has 0 saturated heterocycles. The highest BCUT2D eigenvalue weighted by Crippen LogP contribution is 2.23. The van der Waals surface area contributed by atoms with Gasteiger partial charge in [-0.05, 0) is 42.9 Å². The molecule has 0 bridgehead atoms. The van der Waals surface area contributed by atoms with Crippen molar-refractivity contribution >= 4 is 0 Å². The van der Waals surface area contributed by atoms with E-state index in [1.165, 1.54) is 24.0 Å². The van der Waals surface area contributed by atoms with Crippen molar-refractivity contribution in [2.75, 3.05) is 0 Å². The number of aryl methyl sites for hydroxylation is 1. The van der Waals surface area contributed by atoms with Gasteiger partial charge in [0, 0.05) is 12.7 Å². The van der Waals surface area contributed by atoms with Crippen LogP contribution in [0.2, 0.25) is 0 Å².